The lowest BCUT2D eigenvalue weighted by atomic mass is 9.94. The lowest BCUT2D eigenvalue weighted by Crippen LogP contribution is -2.46. The third-order valence-electron chi connectivity index (χ3n) is 5.45. The van der Waals surface area contributed by atoms with E-state index in [1.807, 2.05) is 0 Å². The molecule has 2 heterocycles. The van der Waals surface area contributed by atoms with E-state index in [1.54, 1.807) is 0 Å². The van der Waals surface area contributed by atoms with E-state index in [0.29, 0.717) is 24.2 Å². The van der Waals surface area contributed by atoms with Gasteiger partial charge in [0.15, 0.2) is 0 Å². The molecule has 0 saturated carbocycles. The number of amides is 2. The zero-order valence-electron chi connectivity index (χ0n) is 15.8. The summed E-state index contributed by atoms with van der Waals surface area (Å²) in [5, 5.41) is 15.8. The number of benzene rings is 1. The van der Waals surface area contributed by atoms with Crippen molar-refractivity contribution >= 4 is 23.2 Å². The number of anilines is 1. The van der Waals surface area contributed by atoms with Crippen LogP contribution in [0.15, 0.2) is 24.3 Å². The van der Waals surface area contributed by atoms with Gasteiger partial charge in [-0.15, -0.1) is 0 Å². The zero-order valence-corrected chi connectivity index (χ0v) is 15.8. The molecule has 2 saturated heterocycles. The van der Waals surface area contributed by atoms with Crippen LogP contribution in [0.3, 0.4) is 0 Å². The van der Waals surface area contributed by atoms with Crippen LogP contribution in [0.1, 0.15) is 25.7 Å². The fraction of sp³-hybridized carbons (Fsp3) is 0.579. The molecular weight excluding hydrogens is 364 g/mol. The van der Waals surface area contributed by atoms with Crippen LogP contribution >= 0.6 is 0 Å². The number of carbonyl (C=O) groups is 2. The summed E-state index contributed by atoms with van der Waals surface area (Å²) < 4.78 is 5.42. The number of nitrogens with one attached hydrogen (secondary N) is 2. The fourth-order valence-corrected chi connectivity index (χ4v) is 3.74. The predicted molar refractivity (Wildman–Crippen MR) is 103 cm³/mol. The molecular formula is C19H26N4O5. The van der Waals surface area contributed by atoms with Gasteiger partial charge in [0.2, 0.25) is 0 Å². The van der Waals surface area contributed by atoms with E-state index in [9.17, 15) is 19.7 Å². The van der Waals surface area contributed by atoms with E-state index >= 15 is 0 Å². The molecule has 9 nitrogen and oxygen atoms in total. The minimum Gasteiger partial charge on any atom is -0.381 e. The Morgan fingerprint density at radius 2 is 1.71 bits per heavy atom. The van der Waals surface area contributed by atoms with Crippen LogP contribution in [-0.2, 0) is 14.3 Å². The van der Waals surface area contributed by atoms with Crippen LogP contribution in [0.2, 0.25) is 0 Å². The van der Waals surface area contributed by atoms with Gasteiger partial charge in [-0.2, -0.15) is 0 Å². The Bertz CT molecular complexity index is 695. The highest BCUT2D eigenvalue weighted by Gasteiger charge is 2.27. The molecule has 0 radical (unpaired) electrons. The second-order valence-corrected chi connectivity index (χ2v) is 7.29. The minimum atomic E-state index is -0.770. The number of piperidine rings is 1. The number of nitrogens with zero attached hydrogens (tertiary/aromatic N) is 2. The van der Waals surface area contributed by atoms with Crippen LogP contribution in [-0.4, -0.2) is 60.5 Å². The van der Waals surface area contributed by atoms with Gasteiger partial charge >= 0.3 is 11.8 Å². The molecule has 2 aliphatic heterocycles. The number of hydrogen-bond donors (Lipinski definition) is 2. The first-order valence-corrected chi connectivity index (χ1v) is 9.68. The molecule has 0 aromatic heterocycles. The lowest BCUT2D eigenvalue weighted by Gasteiger charge is -2.39. The molecule has 2 aliphatic rings. The van der Waals surface area contributed by atoms with E-state index in [1.165, 1.54) is 24.3 Å². The molecule has 0 atom stereocenters. The van der Waals surface area contributed by atoms with Crippen LogP contribution < -0.4 is 10.6 Å². The van der Waals surface area contributed by atoms with E-state index < -0.39 is 16.7 Å². The van der Waals surface area contributed by atoms with Crippen molar-refractivity contribution < 1.29 is 19.2 Å². The highest BCUT2D eigenvalue weighted by Crippen LogP contribution is 2.22. The number of likely N-dealkylation sites (tertiary alicyclic amines) is 1. The number of nitro groups is 1. The van der Waals surface area contributed by atoms with Gasteiger partial charge in [0.1, 0.15) is 0 Å². The maximum absolute atomic E-state index is 12.0. The number of non-ortho nitro benzene ring substituents is 1. The number of hydrogen-bond acceptors (Lipinski definition) is 6. The maximum atomic E-state index is 12.0. The van der Waals surface area contributed by atoms with Crippen LogP contribution in [0.25, 0.3) is 0 Å². The van der Waals surface area contributed by atoms with Gasteiger partial charge < -0.3 is 20.3 Å². The van der Waals surface area contributed by atoms with Crippen molar-refractivity contribution in [2.45, 2.75) is 31.7 Å². The van der Waals surface area contributed by atoms with Crippen molar-refractivity contribution in [2.75, 3.05) is 38.2 Å². The average molecular weight is 390 g/mol. The Labute approximate surface area is 163 Å². The van der Waals surface area contributed by atoms with Gasteiger partial charge in [-0.1, -0.05) is 0 Å². The summed E-state index contributed by atoms with van der Waals surface area (Å²) in [6.07, 6.45) is 4.18. The number of carbonyl (C=O) groups excluding carboxylic acids is 2. The van der Waals surface area contributed by atoms with Crippen molar-refractivity contribution in [1.29, 1.82) is 0 Å². The molecule has 2 N–H and O–H groups in total. The topological polar surface area (TPSA) is 114 Å². The Morgan fingerprint density at radius 3 is 2.32 bits per heavy atom. The fourth-order valence-electron chi connectivity index (χ4n) is 3.74. The van der Waals surface area contributed by atoms with Gasteiger partial charge in [0.25, 0.3) is 5.69 Å². The van der Waals surface area contributed by atoms with Crippen molar-refractivity contribution in [3.05, 3.63) is 34.4 Å². The van der Waals surface area contributed by atoms with Gasteiger partial charge in [0.05, 0.1) is 4.92 Å². The monoisotopic (exact) mass is 390 g/mol. The van der Waals surface area contributed by atoms with E-state index in [-0.39, 0.29) is 5.69 Å². The molecule has 0 aliphatic carbocycles. The smallest absolute Gasteiger partial charge is 0.313 e. The number of nitro benzene ring substituents is 1. The van der Waals surface area contributed by atoms with Crippen LogP contribution in [0.5, 0.6) is 0 Å². The highest BCUT2D eigenvalue weighted by molar-refractivity contribution is 6.39. The van der Waals surface area contributed by atoms with Gasteiger partial charge in [-0.05, 0) is 56.8 Å². The Morgan fingerprint density at radius 1 is 1.07 bits per heavy atom. The normalized spacial score (nSPS) is 19.1. The Kier molecular flexibility index (Phi) is 6.94. The predicted octanol–water partition coefficient (Wildman–Crippen LogP) is 1.54. The van der Waals surface area contributed by atoms with Gasteiger partial charge in [-0.3, -0.25) is 19.7 Å². The van der Waals surface area contributed by atoms with E-state index in [0.717, 1.165) is 52.0 Å². The molecule has 1 aromatic carbocycles. The summed E-state index contributed by atoms with van der Waals surface area (Å²) >= 11 is 0. The maximum Gasteiger partial charge on any atom is 0.313 e. The third-order valence-corrected chi connectivity index (χ3v) is 5.45. The standard InChI is InChI=1S/C19H26N4O5/c24-18(19(25)21-15-1-3-17(4-2-15)23(26)27)20-13-14-5-9-22(10-6-14)16-7-11-28-12-8-16/h1-4,14,16H,5-13H2,(H,20,24)(H,21,25). The second-order valence-electron chi connectivity index (χ2n) is 7.29. The van der Waals surface area contributed by atoms with Gasteiger partial charge in [0, 0.05) is 43.6 Å². The quantitative estimate of drug-likeness (QED) is 0.448. The minimum absolute atomic E-state index is 0.0745. The molecule has 0 bridgehead atoms. The summed E-state index contributed by atoms with van der Waals surface area (Å²) in [5.41, 5.74) is 0.269. The molecule has 2 amide bonds. The first-order chi connectivity index (χ1) is 13.5. The Hall–Kier alpha value is -2.52. The molecule has 0 unspecified atom stereocenters. The Balaban J connectivity index is 1.38. The van der Waals surface area contributed by atoms with Crippen molar-refractivity contribution in [3.8, 4) is 0 Å². The lowest BCUT2D eigenvalue weighted by molar-refractivity contribution is -0.384. The number of rotatable bonds is 5. The SMILES string of the molecule is O=C(NCC1CCN(C2CCOCC2)CC1)C(=O)Nc1ccc([N+](=O)[O-])cc1. The molecule has 9 heteroatoms. The molecule has 2 fully saturated rings. The number of ether oxygens (including phenoxy) is 1. The molecule has 0 spiro atoms. The first kappa shape index (κ1) is 20.2. The van der Waals surface area contributed by atoms with E-state index in [4.69, 9.17) is 4.74 Å². The summed E-state index contributed by atoms with van der Waals surface area (Å²) in [6.45, 7) is 4.18. The highest BCUT2D eigenvalue weighted by atomic mass is 16.6. The largest absolute Gasteiger partial charge is 0.381 e. The zero-order chi connectivity index (χ0) is 19.9. The summed E-state index contributed by atoms with van der Waals surface area (Å²) in [6, 6.07) is 5.96. The molecule has 3 rings (SSSR count). The molecule has 28 heavy (non-hydrogen) atoms. The van der Waals surface area contributed by atoms with Crippen molar-refractivity contribution in [1.82, 2.24) is 10.2 Å². The van der Waals surface area contributed by atoms with Crippen LogP contribution in [0, 0.1) is 16.0 Å². The molecule has 152 valence electrons. The van der Waals surface area contributed by atoms with Crippen molar-refractivity contribution in [3.63, 3.8) is 0 Å². The van der Waals surface area contributed by atoms with E-state index in [2.05, 4.69) is 15.5 Å². The van der Waals surface area contributed by atoms with Crippen LogP contribution in [0.4, 0.5) is 11.4 Å². The second kappa shape index (κ2) is 9.61. The third kappa shape index (κ3) is 5.49. The van der Waals surface area contributed by atoms with Gasteiger partial charge in [-0.25, -0.2) is 0 Å². The summed E-state index contributed by atoms with van der Waals surface area (Å²) in [5.74, 6) is -1.09. The first-order valence-electron chi connectivity index (χ1n) is 9.68. The van der Waals surface area contributed by atoms with Crippen molar-refractivity contribution in [2.24, 2.45) is 5.92 Å². The summed E-state index contributed by atoms with van der Waals surface area (Å²) in [7, 11) is 0. The summed E-state index contributed by atoms with van der Waals surface area (Å²) in [4.78, 5) is 36.6. The molecule has 1 aromatic rings. The average Bonchev–Trinajstić information content (AvgIpc) is 2.73.